The summed E-state index contributed by atoms with van der Waals surface area (Å²) in [5.74, 6) is -1.85. The SMILES string of the molecule is CCOC(=O)[C@H]1O[C@@H]1C(=O)N[C@@H](CC(C)C)C(=O)NC(=O)CC(C)C. The second kappa shape index (κ2) is 9.50. The summed E-state index contributed by atoms with van der Waals surface area (Å²) >= 11 is 0. The summed E-state index contributed by atoms with van der Waals surface area (Å²) < 4.78 is 9.81. The maximum absolute atomic E-state index is 12.3. The zero-order valence-corrected chi connectivity index (χ0v) is 15.5. The monoisotopic (exact) mass is 356 g/mol. The predicted octanol–water partition coefficient (Wildman–Crippen LogP) is 0.537. The van der Waals surface area contributed by atoms with Gasteiger partial charge in [-0.1, -0.05) is 27.7 Å². The minimum absolute atomic E-state index is 0.121. The number of hydrogen-bond donors (Lipinski definition) is 2. The van der Waals surface area contributed by atoms with E-state index in [9.17, 15) is 19.2 Å². The van der Waals surface area contributed by atoms with Crippen LogP contribution >= 0.6 is 0 Å². The molecular weight excluding hydrogens is 328 g/mol. The Morgan fingerprint density at radius 1 is 1.04 bits per heavy atom. The Morgan fingerprint density at radius 3 is 2.20 bits per heavy atom. The lowest BCUT2D eigenvalue weighted by Crippen LogP contribution is -2.50. The number of epoxide rings is 1. The molecule has 0 aliphatic carbocycles. The third kappa shape index (κ3) is 7.21. The molecule has 0 spiro atoms. The summed E-state index contributed by atoms with van der Waals surface area (Å²) in [6.07, 6.45) is -1.29. The molecule has 142 valence electrons. The molecule has 1 saturated heterocycles. The van der Waals surface area contributed by atoms with Crippen LogP contribution in [-0.4, -0.2) is 48.5 Å². The Kier molecular flexibility index (Phi) is 8.02. The molecule has 25 heavy (non-hydrogen) atoms. The fourth-order valence-electron chi connectivity index (χ4n) is 2.32. The van der Waals surface area contributed by atoms with Gasteiger partial charge in [0.1, 0.15) is 6.04 Å². The summed E-state index contributed by atoms with van der Waals surface area (Å²) in [5, 5.41) is 4.87. The summed E-state index contributed by atoms with van der Waals surface area (Å²) in [6, 6.07) is -0.865. The third-order valence-electron chi connectivity index (χ3n) is 3.47. The first-order chi connectivity index (χ1) is 11.6. The van der Waals surface area contributed by atoms with E-state index in [1.165, 1.54) is 0 Å². The Hall–Kier alpha value is -1.96. The molecule has 1 aliphatic heterocycles. The first-order valence-corrected chi connectivity index (χ1v) is 8.61. The molecule has 0 radical (unpaired) electrons. The van der Waals surface area contributed by atoms with Gasteiger partial charge in [0, 0.05) is 6.42 Å². The van der Waals surface area contributed by atoms with Gasteiger partial charge in [-0.25, -0.2) is 4.79 Å². The average molecular weight is 356 g/mol. The normalized spacial score (nSPS) is 20.1. The van der Waals surface area contributed by atoms with E-state index >= 15 is 0 Å². The highest BCUT2D eigenvalue weighted by Crippen LogP contribution is 2.24. The van der Waals surface area contributed by atoms with E-state index in [1.807, 2.05) is 27.7 Å². The van der Waals surface area contributed by atoms with Crippen LogP contribution in [0.4, 0.5) is 0 Å². The van der Waals surface area contributed by atoms with E-state index in [4.69, 9.17) is 9.47 Å². The standard InChI is InChI=1S/C17H28N2O6/c1-6-24-17(23)14-13(25-14)16(22)18-11(7-9(2)3)15(21)19-12(20)8-10(4)5/h9-11,13-14H,6-8H2,1-5H3,(H,18,22)(H,19,20,21)/t11-,13-,14-/m0/s1. The summed E-state index contributed by atoms with van der Waals surface area (Å²) in [6.45, 7) is 9.40. The molecule has 0 aromatic rings. The number of rotatable bonds is 9. The number of esters is 1. The van der Waals surface area contributed by atoms with Crippen molar-refractivity contribution in [1.82, 2.24) is 10.6 Å². The molecule has 3 atom stereocenters. The van der Waals surface area contributed by atoms with Crippen LogP contribution in [0.15, 0.2) is 0 Å². The lowest BCUT2D eigenvalue weighted by atomic mass is 10.0. The first kappa shape index (κ1) is 21.1. The zero-order valence-electron chi connectivity index (χ0n) is 15.5. The molecule has 0 saturated carbocycles. The van der Waals surface area contributed by atoms with E-state index in [-0.39, 0.29) is 30.8 Å². The van der Waals surface area contributed by atoms with Crippen molar-refractivity contribution in [3.05, 3.63) is 0 Å². The van der Waals surface area contributed by atoms with E-state index in [0.717, 1.165) is 0 Å². The van der Waals surface area contributed by atoms with Gasteiger partial charge >= 0.3 is 5.97 Å². The maximum atomic E-state index is 12.3. The van der Waals surface area contributed by atoms with Crippen LogP contribution in [0, 0.1) is 11.8 Å². The van der Waals surface area contributed by atoms with Crippen molar-refractivity contribution in [2.24, 2.45) is 11.8 Å². The van der Waals surface area contributed by atoms with Gasteiger partial charge in [-0.3, -0.25) is 19.7 Å². The van der Waals surface area contributed by atoms with Gasteiger partial charge in [-0.15, -0.1) is 0 Å². The van der Waals surface area contributed by atoms with Gasteiger partial charge in [-0.2, -0.15) is 0 Å². The molecule has 1 aliphatic rings. The van der Waals surface area contributed by atoms with Crippen LogP contribution < -0.4 is 10.6 Å². The quantitative estimate of drug-likeness (QED) is 0.460. The Bertz CT molecular complexity index is 517. The van der Waals surface area contributed by atoms with E-state index in [2.05, 4.69) is 10.6 Å². The third-order valence-corrected chi connectivity index (χ3v) is 3.47. The van der Waals surface area contributed by atoms with Gasteiger partial charge in [0.05, 0.1) is 6.61 Å². The highest BCUT2D eigenvalue weighted by molar-refractivity contribution is 6.00. The summed E-state index contributed by atoms with van der Waals surface area (Å²) in [4.78, 5) is 47.7. The highest BCUT2D eigenvalue weighted by atomic mass is 16.6. The number of carbonyl (C=O) groups is 4. The van der Waals surface area contributed by atoms with Crippen molar-refractivity contribution in [3.63, 3.8) is 0 Å². The number of imide groups is 1. The summed E-state index contributed by atoms with van der Waals surface area (Å²) in [7, 11) is 0. The van der Waals surface area contributed by atoms with Crippen LogP contribution in [0.2, 0.25) is 0 Å². The Labute approximate surface area is 148 Å². The Balaban J connectivity index is 2.61. The fraction of sp³-hybridized carbons (Fsp3) is 0.765. The number of nitrogens with one attached hydrogen (secondary N) is 2. The van der Waals surface area contributed by atoms with Crippen LogP contribution in [0.3, 0.4) is 0 Å². The molecule has 2 N–H and O–H groups in total. The molecular formula is C17H28N2O6. The van der Waals surface area contributed by atoms with Crippen LogP contribution in [0.1, 0.15) is 47.5 Å². The highest BCUT2D eigenvalue weighted by Gasteiger charge is 2.52. The predicted molar refractivity (Wildman–Crippen MR) is 89.3 cm³/mol. The van der Waals surface area contributed by atoms with Gasteiger partial charge < -0.3 is 14.8 Å². The molecule has 1 heterocycles. The van der Waals surface area contributed by atoms with Crippen LogP contribution in [0.25, 0.3) is 0 Å². The molecule has 1 rings (SSSR count). The van der Waals surface area contributed by atoms with Crippen molar-refractivity contribution in [2.45, 2.75) is 65.7 Å². The topological polar surface area (TPSA) is 114 Å². The molecule has 0 aromatic carbocycles. The van der Waals surface area contributed by atoms with Crippen LogP contribution in [-0.2, 0) is 28.7 Å². The molecule has 0 aromatic heterocycles. The minimum atomic E-state index is -0.951. The van der Waals surface area contributed by atoms with Crippen molar-refractivity contribution < 1.29 is 28.7 Å². The molecule has 3 amide bonds. The van der Waals surface area contributed by atoms with Gasteiger partial charge in [0.2, 0.25) is 11.8 Å². The second-order valence-corrected chi connectivity index (χ2v) is 6.93. The van der Waals surface area contributed by atoms with E-state index < -0.39 is 36.0 Å². The molecule has 1 fully saturated rings. The summed E-state index contributed by atoms with van der Waals surface area (Å²) in [5.41, 5.74) is 0. The fourth-order valence-corrected chi connectivity index (χ4v) is 2.32. The number of carbonyl (C=O) groups excluding carboxylic acids is 4. The number of amides is 3. The van der Waals surface area contributed by atoms with E-state index in [0.29, 0.717) is 6.42 Å². The molecule has 0 unspecified atom stereocenters. The maximum Gasteiger partial charge on any atom is 0.338 e. The van der Waals surface area contributed by atoms with Gasteiger partial charge in [0.15, 0.2) is 12.2 Å². The first-order valence-electron chi connectivity index (χ1n) is 8.61. The van der Waals surface area contributed by atoms with Crippen molar-refractivity contribution in [3.8, 4) is 0 Å². The lowest BCUT2D eigenvalue weighted by molar-refractivity contribution is -0.144. The van der Waals surface area contributed by atoms with Gasteiger partial charge in [-0.05, 0) is 25.2 Å². The van der Waals surface area contributed by atoms with Crippen molar-refractivity contribution >= 4 is 23.7 Å². The number of ether oxygens (including phenoxy) is 2. The molecule has 0 bridgehead atoms. The zero-order chi connectivity index (χ0) is 19.1. The number of hydrogen-bond acceptors (Lipinski definition) is 6. The second-order valence-electron chi connectivity index (χ2n) is 6.93. The van der Waals surface area contributed by atoms with Gasteiger partial charge in [0.25, 0.3) is 5.91 Å². The van der Waals surface area contributed by atoms with Crippen molar-refractivity contribution in [1.29, 1.82) is 0 Å². The molecule has 8 heteroatoms. The van der Waals surface area contributed by atoms with Crippen LogP contribution in [0.5, 0.6) is 0 Å². The lowest BCUT2D eigenvalue weighted by Gasteiger charge is -2.19. The minimum Gasteiger partial charge on any atom is -0.464 e. The smallest absolute Gasteiger partial charge is 0.338 e. The Morgan fingerprint density at radius 2 is 1.68 bits per heavy atom. The molecule has 8 nitrogen and oxygen atoms in total. The van der Waals surface area contributed by atoms with Crippen molar-refractivity contribution in [2.75, 3.05) is 6.61 Å². The average Bonchev–Trinajstić information content (AvgIpc) is 3.25. The largest absolute Gasteiger partial charge is 0.464 e. The van der Waals surface area contributed by atoms with E-state index in [1.54, 1.807) is 6.92 Å².